The largest absolute Gasteiger partial charge is 0.462 e. The number of carbonyl (C=O) groups excluding carboxylic acids is 2. The Labute approximate surface area is 159 Å². The Bertz CT molecular complexity index is 1080. The number of para-hydroxylation sites is 1. The van der Waals surface area contributed by atoms with E-state index in [-0.39, 0.29) is 24.3 Å². The van der Waals surface area contributed by atoms with Crippen LogP contribution in [0.25, 0.3) is 10.9 Å². The number of amides is 1. The highest BCUT2D eigenvalue weighted by Crippen LogP contribution is 2.17. The smallest absolute Gasteiger partial charge is 0.340 e. The van der Waals surface area contributed by atoms with Crippen molar-refractivity contribution >= 4 is 40.1 Å². The lowest BCUT2D eigenvalue weighted by Gasteiger charge is -2.11. The van der Waals surface area contributed by atoms with Crippen LogP contribution >= 0.6 is 11.6 Å². The second-order valence-electron chi connectivity index (χ2n) is 5.65. The van der Waals surface area contributed by atoms with E-state index in [1.54, 1.807) is 49.4 Å². The van der Waals surface area contributed by atoms with Gasteiger partial charge in [0.25, 0.3) is 5.56 Å². The summed E-state index contributed by atoms with van der Waals surface area (Å²) in [5, 5.41) is 3.47. The van der Waals surface area contributed by atoms with E-state index in [2.05, 4.69) is 10.3 Å². The summed E-state index contributed by atoms with van der Waals surface area (Å²) in [5.41, 5.74) is 0.656. The maximum Gasteiger partial charge on any atom is 0.340 e. The molecule has 0 aliphatic rings. The van der Waals surface area contributed by atoms with Crippen LogP contribution in [0, 0.1) is 0 Å². The van der Waals surface area contributed by atoms with E-state index in [1.807, 2.05) is 0 Å². The van der Waals surface area contributed by atoms with Gasteiger partial charge in [-0.05, 0) is 37.3 Å². The van der Waals surface area contributed by atoms with Gasteiger partial charge in [-0.15, -0.1) is 0 Å². The number of hydrogen-bond acceptors (Lipinski definition) is 5. The zero-order valence-electron chi connectivity index (χ0n) is 14.4. The first-order valence-electron chi connectivity index (χ1n) is 8.20. The number of fused-ring (bicyclic) bond motifs is 1. The van der Waals surface area contributed by atoms with Gasteiger partial charge in [0.1, 0.15) is 6.54 Å². The molecule has 3 rings (SSSR count). The summed E-state index contributed by atoms with van der Waals surface area (Å²) in [6.07, 6.45) is 1.29. The average Bonchev–Trinajstić information content (AvgIpc) is 2.64. The third-order valence-corrected chi connectivity index (χ3v) is 4.03. The Balaban J connectivity index is 1.82. The lowest BCUT2D eigenvalue weighted by Crippen LogP contribution is -2.28. The molecule has 0 fully saturated rings. The first-order chi connectivity index (χ1) is 13.0. The number of halogens is 1. The van der Waals surface area contributed by atoms with Crippen molar-refractivity contribution < 1.29 is 14.3 Å². The molecule has 1 amide bonds. The Kier molecular flexibility index (Phi) is 5.52. The molecule has 3 aromatic rings. The maximum atomic E-state index is 12.5. The van der Waals surface area contributed by atoms with Crippen molar-refractivity contribution in [3.05, 3.63) is 69.7 Å². The van der Waals surface area contributed by atoms with Crippen molar-refractivity contribution in [2.45, 2.75) is 13.5 Å². The molecule has 0 radical (unpaired) electrons. The fourth-order valence-electron chi connectivity index (χ4n) is 2.57. The Morgan fingerprint density at radius 3 is 2.78 bits per heavy atom. The number of esters is 1. The zero-order valence-corrected chi connectivity index (χ0v) is 15.2. The van der Waals surface area contributed by atoms with E-state index in [0.29, 0.717) is 21.6 Å². The summed E-state index contributed by atoms with van der Waals surface area (Å²) in [4.78, 5) is 41.0. The summed E-state index contributed by atoms with van der Waals surface area (Å²) in [5.74, 6) is -1.00. The molecule has 0 unspecified atom stereocenters. The van der Waals surface area contributed by atoms with Crippen LogP contribution in [0.1, 0.15) is 17.3 Å². The van der Waals surface area contributed by atoms with Crippen LogP contribution in [0.4, 0.5) is 5.69 Å². The summed E-state index contributed by atoms with van der Waals surface area (Å²) in [6.45, 7) is 1.68. The number of rotatable bonds is 5. The van der Waals surface area contributed by atoms with Gasteiger partial charge in [0.05, 0.1) is 35.1 Å². The molecule has 0 saturated heterocycles. The van der Waals surface area contributed by atoms with Gasteiger partial charge >= 0.3 is 5.97 Å². The fourth-order valence-corrected chi connectivity index (χ4v) is 2.73. The van der Waals surface area contributed by atoms with Gasteiger partial charge in [-0.3, -0.25) is 14.2 Å². The summed E-state index contributed by atoms with van der Waals surface area (Å²) < 4.78 is 6.17. The van der Waals surface area contributed by atoms with E-state index >= 15 is 0 Å². The van der Waals surface area contributed by atoms with E-state index in [9.17, 15) is 14.4 Å². The summed E-state index contributed by atoms with van der Waals surface area (Å²) >= 11 is 5.90. The molecule has 0 aliphatic heterocycles. The quantitative estimate of drug-likeness (QED) is 0.682. The number of benzene rings is 2. The molecule has 7 nitrogen and oxygen atoms in total. The molecule has 0 spiro atoms. The predicted molar refractivity (Wildman–Crippen MR) is 102 cm³/mol. The van der Waals surface area contributed by atoms with Crippen LogP contribution in [-0.2, 0) is 16.1 Å². The van der Waals surface area contributed by atoms with Gasteiger partial charge in [0.15, 0.2) is 0 Å². The predicted octanol–water partition coefficient (Wildman–Crippen LogP) is 2.87. The minimum atomic E-state index is -0.533. The lowest BCUT2D eigenvalue weighted by atomic mass is 10.2. The van der Waals surface area contributed by atoms with E-state index in [4.69, 9.17) is 16.3 Å². The number of nitrogens with zero attached hydrogens (tertiary/aromatic N) is 2. The molecule has 1 heterocycles. The van der Waals surface area contributed by atoms with Gasteiger partial charge in [-0.1, -0.05) is 23.7 Å². The molecule has 138 valence electrons. The normalized spacial score (nSPS) is 10.6. The molecular formula is C19H16ClN3O4. The average molecular weight is 386 g/mol. The third-order valence-electron chi connectivity index (χ3n) is 3.80. The lowest BCUT2D eigenvalue weighted by molar-refractivity contribution is -0.116. The number of anilines is 1. The van der Waals surface area contributed by atoms with E-state index in [0.717, 1.165) is 0 Å². The molecule has 27 heavy (non-hydrogen) atoms. The van der Waals surface area contributed by atoms with Crippen molar-refractivity contribution in [2.24, 2.45) is 0 Å². The van der Waals surface area contributed by atoms with Crippen molar-refractivity contribution in [1.29, 1.82) is 0 Å². The molecule has 1 aromatic heterocycles. The van der Waals surface area contributed by atoms with Crippen LogP contribution in [0.2, 0.25) is 5.02 Å². The number of nitrogens with one attached hydrogen (secondary N) is 1. The number of ether oxygens (including phenoxy) is 1. The van der Waals surface area contributed by atoms with Crippen molar-refractivity contribution in [2.75, 3.05) is 11.9 Å². The molecule has 0 bridgehead atoms. The van der Waals surface area contributed by atoms with Gasteiger partial charge in [-0.25, -0.2) is 9.78 Å². The highest BCUT2D eigenvalue weighted by Gasteiger charge is 2.15. The molecule has 0 atom stereocenters. The highest BCUT2D eigenvalue weighted by molar-refractivity contribution is 6.31. The second kappa shape index (κ2) is 8.01. The number of hydrogen-bond donors (Lipinski definition) is 1. The molecule has 0 saturated carbocycles. The van der Waals surface area contributed by atoms with E-state index in [1.165, 1.54) is 10.9 Å². The van der Waals surface area contributed by atoms with Crippen molar-refractivity contribution in [3.8, 4) is 0 Å². The maximum absolute atomic E-state index is 12.5. The van der Waals surface area contributed by atoms with Gasteiger partial charge < -0.3 is 10.1 Å². The Hall–Kier alpha value is -3.19. The van der Waals surface area contributed by atoms with E-state index < -0.39 is 11.9 Å². The Morgan fingerprint density at radius 2 is 2.00 bits per heavy atom. The highest BCUT2D eigenvalue weighted by atomic mass is 35.5. The monoisotopic (exact) mass is 385 g/mol. The van der Waals surface area contributed by atoms with Gasteiger partial charge in [0, 0.05) is 5.02 Å². The number of aromatic nitrogens is 2. The SMILES string of the molecule is CCOC(=O)c1ccccc1NC(=O)Cn1cnc2cc(Cl)ccc2c1=O. The standard InChI is InChI=1S/C19H16ClN3O4/c1-2-27-19(26)14-5-3-4-6-15(14)22-17(24)10-23-11-21-16-9-12(20)7-8-13(16)18(23)25/h3-9,11H,2,10H2,1H3,(H,22,24). The van der Waals surface area contributed by atoms with Gasteiger partial charge in [0.2, 0.25) is 5.91 Å². The summed E-state index contributed by atoms with van der Waals surface area (Å²) in [6, 6.07) is 11.2. The van der Waals surface area contributed by atoms with Crippen LogP contribution in [0.5, 0.6) is 0 Å². The second-order valence-corrected chi connectivity index (χ2v) is 6.09. The summed E-state index contributed by atoms with van der Waals surface area (Å²) in [7, 11) is 0. The van der Waals surface area contributed by atoms with Crippen LogP contribution in [0.3, 0.4) is 0 Å². The number of carbonyl (C=O) groups is 2. The van der Waals surface area contributed by atoms with Gasteiger partial charge in [-0.2, -0.15) is 0 Å². The fraction of sp³-hybridized carbons (Fsp3) is 0.158. The molecule has 1 N–H and O–H groups in total. The van der Waals surface area contributed by atoms with Crippen molar-refractivity contribution in [1.82, 2.24) is 9.55 Å². The molecule has 0 aliphatic carbocycles. The molecule has 8 heteroatoms. The van der Waals surface area contributed by atoms with Crippen LogP contribution < -0.4 is 10.9 Å². The van der Waals surface area contributed by atoms with Crippen molar-refractivity contribution in [3.63, 3.8) is 0 Å². The third kappa shape index (κ3) is 4.15. The van der Waals surface area contributed by atoms with Crippen LogP contribution in [-0.4, -0.2) is 28.0 Å². The topological polar surface area (TPSA) is 90.3 Å². The minimum absolute atomic E-state index is 0.225. The first-order valence-corrected chi connectivity index (χ1v) is 8.58. The zero-order chi connectivity index (χ0) is 19.4. The molecule has 2 aromatic carbocycles. The molecular weight excluding hydrogens is 370 g/mol. The first kappa shape index (κ1) is 18.6. The Morgan fingerprint density at radius 1 is 1.22 bits per heavy atom. The van der Waals surface area contributed by atoms with Crippen LogP contribution in [0.15, 0.2) is 53.6 Å². The minimum Gasteiger partial charge on any atom is -0.462 e.